The molecule has 33 heavy (non-hydrogen) atoms. The Morgan fingerprint density at radius 1 is 0.758 bits per heavy atom. The molecule has 180 valence electrons. The van der Waals surface area contributed by atoms with Crippen LogP contribution in [0, 0.1) is 0 Å². The van der Waals surface area contributed by atoms with E-state index in [9.17, 15) is 5.11 Å². The Labute approximate surface area is 202 Å². The zero-order chi connectivity index (χ0) is 25.3. The van der Waals surface area contributed by atoms with Gasteiger partial charge in [-0.2, -0.15) is 0 Å². The van der Waals surface area contributed by atoms with Crippen molar-refractivity contribution in [2.75, 3.05) is 0 Å². The van der Waals surface area contributed by atoms with E-state index >= 15 is 0 Å². The molecular formula is C30H44N2O. The summed E-state index contributed by atoms with van der Waals surface area (Å²) in [4.78, 5) is 9.96. The van der Waals surface area contributed by atoms with Crippen molar-refractivity contribution in [2.45, 2.75) is 106 Å². The molecule has 0 saturated heterocycles. The fraction of sp³-hybridized carbons (Fsp3) is 0.533. The Balaban J connectivity index is 2.68. The second-order valence-corrected chi connectivity index (χ2v) is 11.9. The highest BCUT2D eigenvalue weighted by atomic mass is 16.3. The Bertz CT molecular complexity index is 1030. The maximum Gasteiger partial charge on any atom is 0.144 e. The molecule has 1 N–H and O–H groups in total. The summed E-state index contributed by atoms with van der Waals surface area (Å²) in [5, 5.41) is 11.1. The van der Waals surface area contributed by atoms with Crippen molar-refractivity contribution in [3.8, 4) is 5.75 Å². The summed E-state index contributed by atoms with van der Waals surface area (Å²) in [6.07, 6.45) is 0. The lowest BCUT2D eigenvalue weighted by Crippen LogP contribution is -2.16. The standard InChI is InChI=1S/C30H44N2O/c1-18(2)23-14-13-15-24(19(3)4)27(23)32-21(6)20(5)31-26-17-22(29(7,8)9)16-25(28(26)33)30(10,11)12/h13-19,33H,1-12H3. The highest BCUT2D eigenvalue weighted by Gasteiger charge is 2.25. The fourth-order valence-electron chi connectivity index (χ4n) is 3.86. The van der Waals surface area contributed by atoms with Crippen molar-refractivity contribution < 1.29 is 5.11 Å². The maximum atomic E-state index is 11.1. The van der Waals surface area contributed by atoms with Crippen LogP contribution < -0.4 is 0 Å². The molecule has 0 unspecified atom stereocenters. The van der Waals surface area contributed by atoms with E-state index < -0.39 is 0 Å². The molecule has 2 aromatic rings. The first-order chi connectivity index (χ1) is 15.0. The molecule has 0 atom stereocenters. The van der Waals surface area contributed by atoms with Crippen molar-refractivity contribution >= 4 is 22.8 Å². The molecule has 2 rings (SSSR count). The van der Waals surface area contributed by atoms with Crippen LogP contribution in [-0.2, 0) is 10.8 Å². The van der Waals surface area contributed by atoms with Gasteiger partial charge < -0.3 is 5.11 Å². The van der Waals surface area contributed by atoms with Gasteiger partial charge in [0.25, 0.3) is 0 Å². The largest absolute Gasteiger partial charge is 0.505 e. The fourth-order valence-corrected chi connectivity index (χ4v) is 3.86. The molecule has 0 aliphatic rings. The average Bonchev–Trinajstić information content (AvgIpc) is 2.67. The molecule has 0 spiro atoms. The van der Waals surface area contributed by atoms with Crippen molar-refractivity contribution in [2.24, 2.45) is 9.98 Å². The molecule has 3 nitrogen and oxygen atoms in total. The smallest absolute Gasteiger partial charge is 0.144 e. The van der Waals surface area contributed by atoms with E-state index in [0.29, 0.717) is 17.5 Å². The van der Waals surface area contributed by atoms with Gasteiger partial charge in [0.15, 0.2) is 0 Å². The van der Waals surface area contributed by atoms with E-state index in [0.717, 1.165) is 22.7 Å². The van der Waals surface area contributed by atoms with E-state index in [1.807, 2.05) is 19.9 Å². The van der Waals surface area contributed by atoms with Crippen molar-refractivity contribution in [1.82, 2.24) is 0 Å². The minimum Gasteiger partial charge on any atom is -0.505 e. The van der Waals surface area contributed by atoms with Gasteiger partial charge in [-0.25, -0.2) is 4.99 Å². The Morgan fingerprint density at radius 3 is 1.67 bits per heavy atom. The number of phenolic OH excluding ortho intramolecular Hbond substituents is 1. The highest BCUT2D eigenvalue weighted by Crippen LogP contribution is 2.42. The first kappa shape index (κ1) is 26.8. The van der Waals surface area contributed by atoms with Crippen molar-refractivity contribution in [1.29, 1.82) is 0 Å². The normalized spacial score (nSPS) is 13.9. The summed E-state index contributed by atoms with van der Waals surface area (Å²) in [7, 11) is 0. The zero-order valence-electron chi connectivity index (χ0n) is 22.9. The van der Waals surface area contributed by atoms with Gasteiger partial charge in [0.1, 0.15) is 11.4 Å². The summed E-state index contributed by atoms with van der Waals surface area (Å²) in [5.41, 5.74) is 7.70. The van der Waals surface area contributed by atoms with Gasteiger partial charge >= 0.3 is 0 Å². The second-order valence-electron chi connectivity index (χ2n) is 11.9. The summed E-state index contributed by atoms with van der Waals surface area (Å²) < 4.78 is 0. The SMILES string of the molecule is CC(=Nc1cc(C(C)(C)C)cc(C(C)(C)C)c1O)C(C)=Nc1c(C(C)C)cccc1C(C)C. The lowest BCUT2D eigenvalue weighted by atomic mass is 9.80. The average molecular weight is 449 g/mol. The number of para-hydroxylation sites is 1. The molecule has 3 heteroatoms. The maximum absolute atomic E-state index is 11.1. The highest BCUT2D eigenvalue weighted by molar-refractivity contribution is 6.41. The molecule has 0 heterocycles. The summed E-state index contributed by atoms with van der Waals surface area (Å²) in [6.45, 7) is 25.8. The summed E-state index contributed by atoms with van der Waals surface area (Å²) in [5.74, 6) is 1.02. The van der Waals surface area contributed by atoms with Gasteiger partial charge in [-0.05, 0) is 59.3 Å². The quantitative estimate of drug-likeness (QED) is 0.455. The van der Waals surface area contributed by atoms with Gasteiger partial charge in [-0.3, -0.25) is 4.99 Å². The number of aliphatic imine (C=N–C) groups is 2. The second kappa shape index (κ2) is 9.83. The predicted octanol–water partition coefficient (Wildman–Crippen LogP) is 9.12. The minimum absolute atomic E-state index is 0.0443. The molecule has 0 aromatic heterocycles. The van der Waals surface area contributed by atoms with Crippen LogP contribution in [0.2, 0.25) is 0 Å². The topological polar surface area (TPSA) is 45.0 Å². The van der Waals surface area contributed by atoms with Crippen LogP contribution >= 0.6 is 0 Å². The summed E-state index contributed by atoms with van der Waals surface area (Å²) in [6, 6.07) is 10.6. The molecule has 0 amide bonds. The van der Waals surface area contributed by atoms with E-state index in [1.54, 1.807) is 0 Å². The van der Waals surface area contributed by atoms with Gasteiger partial charge in [0.05, 0.1) is 17.1 Å². The van der Waals surface area contributed by atoms with Crippen LogP contribution in [0.1, 0.15) is 117 Å². The zero-order valence-corrected chi connectivity index (χ0v) is 22.9. The number of aromatic hydroxyl groups is 1. The van der Waals surface area contributed by atoms with Gasteiger partial charge in [-0.15, -0.1) is 0 Å². The van der Waals surface area contributed by atoms with Crippen LogP contribution in [0.4, 0.5) is 11.4 Å². The molecule has 0 aliphatic heterocycles. The number of rotatable bonds is 5. The third kappa shape index (κ3) is 6.34. The van der Waals surface area contributed by atoms with E-state index in [2.05, 4.69) is 93.5 Å². The van der Waals surface area contributed by atoms with Crippen molar-refractivity contribution in [3.05, 3.63) is 52.6 Å². The van der Waals surface area contributed by atoms with Crippen molar-refractivity contribution in [3.63, 3.8) is 0 Å². The van der Waals surface area contributed by atoms with Crippen LogP contribution in [0.25, 0.3) is 0 Å². The third-order valence-electron chi connectivity index (χ3n) is 6.20. The lowest BCUT2D eigenvalue weighted by Gasteiger charge is -2.26. The molecule has 0 aliphatic carbocycles. The lowest BCUT2D eigenvalue weighted by molar-refractivity contribution is 0.446. The van der Waals surface area contributed by atoms with E-state index in [-0.39, 0.29) is 16.6 Å². The van der Waals surface area contributed by atoms with Gasteiger partial charge in [-0.1, -0.05) is 93.5 Å². The minimum atomic E-state index is -0.185. The van der Waals surface area contributed by atoms with Gasteiger partial charge in [0.2, 0.25) is 0 Å². The van der Waals surface area contributed by atoms with E-state index in [4.69, 9.17) is 9.98 Å². The molecule has 0 radical (unpaired) electrons. The van der Waals surface area contributed by atoms with E-state index in [1.165, 1.54) is 16.7 Å². The van der Waals surface area contributed by atoms with Crippen LogP contribution in [-0.4, -0.2) is 16.5 Å². The third-order valence-corrected chi connectivity index (χ3v) is 6.20. The summed E-state index contributed by atoms with van der Waals surface area (Å²) >= 11 is 0. The Kier molecular flexibility index (Phi) is 7.99. The molecular weight excluding hydrogens is 404 g/mol. The predicted molar refractivity (Wildman–Crippen MR) is 146 cm³/mol. The van der Waals surface area contributed by atoms with Crippen LogP contribution in [0.3, 0.4) is 0 Å². The molecule has 0 saturated carbocycles. The Hall–Kier alpha value is -2.42. The number of nitrogens with zero attached hydrogens (tertiary/aromatic N) is 2. The number of hydrogen-bond acceptors (Lipinski definition) is 3. The number of phenols is 1. The number of hydrogen-bond donors (Lipinski definition) is 1. The monoisotopic (exact) mass is 448 g/mol. The van der Waals surface area contributed by atoms with Crippen LogP contribution in [0.15, 0.2) is 40.3 Å². The van der Waals surface area contributed by atoms with Crippen LogP contribution in [0.5, 0.6) is 5.75 Å². The first-order valence-corrected chi connectivity index (χ1v) is 12.2. The molecule has 0 fully saturated rings. The first-order valence-electron chi connectivity index (χ1n) is 12.2. The molecule has 0 bridgehead atoms. The van der Waals surface area contributed by atoms with Gasteiger partial charge in [0, 0.05) is 5.56 Å². The molecule has 2 aromatic carbocycles. The Morgan fingerprint density at radius 2 is 1.24 bits per heavy atom. The number of benzene rings is 2.